The molecule has 0 radical (unpaired) electrons. The molecule has 5 nitrogen and oxygen atoms in total. The Kier molecular flexibility index (Phi) is 3.48. The molecule has 0 aliphatic heterocycles. The van der Waals surface area contributed by atoms with Crippen molar-refractivity contribution in [1.29, 1.82) is 0 Å². The average Bonchev–Trinajstić information content (AvgIpc) is 2.44. The molecule has 2 aromatic rings. The van der Waals surface area contributed by atoms with Gasteiger partial charge in [0.1, 0.15) is 0 Å². The van der Waals surface area contributed by atoms with Gasteiger partial charge < -0.3 is 19.8 Å². The minimum absolute atomic E-state index is 0.0697. The van der Waals surface area contributed by atoms with Gasteiger partial charge in [0.25, 0.3) is 5.56 Å². The quantitative estimate of drug-likeness (QED) is 0.906. The fourth-order valence-electron chi connectivity index (χ4n) is 2.32. The first kappa shape index (κ1) is 13.4. The second-order valence-electron chi connectivity index (χ2n) is 4.40. The van der Waals surface area contributed by atoms with Gasteiger partial charge in [-0.1, -0.05) is 0 Å². The van der Waals surface area contributed by atoms with Crippen molar-refractivity contribution in [3.63, 3.8) is 0 Å². The van der Waals surface area contributed by atoms with Crippen molar-refractivity contribution in [2.45, 2.75) is 13.5 Å². The molecule has 0 atom stereocenters. The minimum Gasteiger partial charge on any atom is -0.493 e. The van der Waals surface area contributed by atoms with Gasteiger partial charge in [-0.25, -0.2) is 0 Å². The van der Waals surface area contributed by atoms with E-state index in [1.54, 1.807) is 25.8 Å². The van der Waals surface area contributed by atoms with Crippen LogP contribution in [-0.2, 0) is 13.6 Å². The fourth-order valence-corrected chi connectivity index (χ4v) is 2.32. The predicted molar refractivity (Wildman–Crippen MR) is 74.9 cm³/mol. The molecular formula is C14H18N2O3. The van der Waals surface area contributed by atoms with Gasteiger partial charge in [0.05, 0.1) is 19.7 Å². The van der Waals surface area contributed by atoms with Gasteiger partial charge in [0, 0.05) is 30.6 Å². The number of hydrogen-bond donors (Lipinski definition) is 1. The van der Waals surface area contributed by atoms with Gasteiger partial charge in [-0.05, 0) is 18.6 Å². The molecular weight excluding hydrogens is 244 g/mol. The van der Waals surface area contributed by atoms with E-state index >= 15 is 0 Å². The maximum absolute atomic E-state index is 12.2. The van der Waals surface area contributed by atoms with Crippen LogP contribution in [0.3, 0.4) is 0 Å². The summed E-state index contributed by atoms with van der Waals surface area (Å²) in [5, 5.41) is 0.945. The second-order valence-corrected chi connectivity index (χ2v) is 4.40. The molecule has 0 bridgehead atoms. The summed E-state index contributed by atoms with van der Waals surface area (Å²) in [5.74, 6) is 1.24. The van der Waals surface area contributed by atoms with E-state index in [0.29, 0.717) is 17.1 Å². The highest BCUT2D eigenvalue weighted by Crippen LogP contribution is 2.33. The van der Waals surface area contributed by atoms with Crippen LogP contribution in [-0.4, -0.2) is 18.8 Å². The van der Waals surface area contributed by atoms with Gasteiger partial charge >= 0.3 is 0 Å². The largest absolute Gasteiger partial charge is 0.493 e. The maximum Gasteiger partial charge on any atom is 0.255 e. The van der Waals surface area contributed by atoms with E-state index in [9.17, 15) is 4.79 Å². The molecule has 19 heavy (non-hydrogen) atoms. The number of ether oxygens (including phenoxy) is 2. The van der Waals surface area contributed by atoms with Crippen LogP contribution in [0.1, 0.15) is 11.1 Å². The lowest BCUT2D eigenvalue weighted by atomic mass is 10.0. The van der Waals surface area contributed by atoms with Crippen molar-refractivity contribution < 1.29 is 9.47 Å². The number of aryl methyl sites for hydroxylation is 2. The molecule has 0 aliphatic carbocycles. The highest BCUT2D eigenvalue weighted by molar-refractivity contribution is 5.87. The van der Waals surface area contributed by atoms with E-state index in [2.05, 4.69) is 0 Å². The first-order valence-electron chi connectivity index (χ1n) is 5.99. The smallest absolute Gasteiger partial charge is 0.255 e. The molecule has 0 spiro atoms. The van der Waals surface area contributed by atoms with Crippen LogP contribution in [0.25, 0.3) is 10.9 Å². The molecule has 5 heteroatoms. The molecule has 0 saturated heterocycles. The number of benzene rings is 1. The summed E-state index contributed by atoms with van der Waals surface area (Å²) in [6.07, 6.45) is 0. The number of pyridine rings is 1. The zero-order chi connectivity index (χ0) is 14.2. The average molecular weight is 262 g/mol. The van der Waals surface area contributed by atoms with Gasteiger partial charge in [0.2, 0.25) is 0 Å². The van der Waals surface area contributed by atoms with Crippen LogP contribution in [0.15, 0.2) is 16.9 Å². The fraction of sp³-hybridized carbons (Fsp3) is 0.357. The highest BCUT2D eigenvalue weighted by atomic mass is 16.5. The first-order valence-corrected chi connectivity index (χ1v) is 5.99. The van der Waals surface area contributed by atoms with E-state index in [4.69, 9.17) is 15.2 Å². The molecule has 0 fully saturated rings. The summed E-state index contributed by atoms with van der Waals surface area (Å²) >= 11 is 0. The topological polar surface area (TPSA) is 66.5 Å². The Morgan fingerprint density at radius 2 is 1.79 bits per heavy atom. The molecule has 0 saturated carbocycles. The number of hydrogen-bond acceptors (Lipinski definition) is 4. The number of rotatable bonds is 3. The molecule has 102 valence electrons. The summed E-state index contributed by atoms with van der Waals surface area (Å²) in [7, 11) is 4.89. The maximum atomic E-state index is 12.2. The molecule has 1 aromatic heterocycles. The number of aromatic nitrogens is 1. The van der Waals surface area contributed by atoms with Crippen LogP contribution < -0.4 is 20.8 Å². The Hall–Kier alpha value is -2.01. The summed E-state index contributed by atoms with van der Waals surface area (Å²) in [6.45, 7) is 2.13. The van der Waals surface area contributed by atoms with Gasteiger partial charge in [-0.2, -0.15) is 0 Å². The molecule has 1 heterocycles. The highest BCUT2D eigenvalue weighted by Gasteiger charge is 2.14. The Balaban J connectivity index is 2.96. The lowest BCUT2D eigenvalue weighted by Gasteiger charge is -2.15. The van der Waals surface area contributed by atoms with Crippen molar-refractivity contribution >= 4 is 10.9 Å². The van der Waals surface area contributed by atoms with Crippen molar-refractivity contribution in [2.24, 2.45) is 12.8 Å². The second kappa shape index (κ2) is 4.93. The Morgan fingerprint density at radius 3 is 2.32 bits per heavy atom. The number of nitrogens with zero attached hydrogens (tertiary/aromatic N) is 1. The normalized spacial score (nSPS) is 10.8. The molecule has 0 aliphatic rings. The molecule has 2 N–H and O–H groups in total. The van der Waals surface area contributed by atoms with E-state index in [-0.39, 0.29) is 12.1 Å². The Morgan fingerprint density at radius 1 is 1.21 bits per heavy atom. The zero-order valence-electron chi connectivity index (χ0n) is 11.6. The van der Waals surface area contributed by atoms with Gasteiger partial charge in [-0.3, -0.25) is 4.79 Å². The summed E-state index contributed by atoms with van der Waals surface area (Å²) in [6, 6.07) is 3.69. The van der Waals surface area contributed by atoms with Crippen LogP contribution in [0.2, 0.25) is 0 Å². The molecule has 0 amide bonds. The van der Waals surface area contributed by atoms with Gasteiger partial charge in [0.15, 0.2) is 11.5 Å². The zero-order valence-corrected chi connectivity index (χ0v) is 11.6. The van der Waals surface area contributed by atoms with Crippen LogP contribution in [0, 0.1) is 6.92 Å². The van der Waals surface area contributed by atoms with Crippen molar-refractivity contribution in [3.8, 4) is 11.5 Å². The standard InChI is InChI=1S/C14H18N2O3/c1-8-9-5-12(18-3)13(19-4)6-11(9)16(2)14(17)10(8)7-15/h5-6H,7,15H2,1-4H3. The Labute approximate surface area is 111 Å². The first-order chi connectivity index (χ1) is 9.04. The Bertz CT molecular complexity index is 689. The summed E-state index contributed by atoms with van der Waals surface area (Å²) in [4.78, 5) is 12.2. The summed E-state index contributed by atoms with van der Waals surface area (Å²) < 4.78 is 12.2. The predicted octanol–water partition coefficient (Wildman–Crippen LogP) is 1.32. The van der Waals surface area contributed by atoms with Crippen LogP contribution in [0.5, 0.6) is 11.5 Å². The minimum atomic E-state index is -0.0697. The molecule has 1 aromatic carbocycles. The number of nitrogens with two attached hydrogens (primary N) is 1. The molecule has 0 unspecified atom stereocenters. The van der Waals surface area contributed by atoms with Crippen LogP contribution >= 0.6 is 0 Å². The lowest BCUT2D eigenvalue weighted by molar-refractivity contribution is 0.355. The SMILES string of the molecule is COc1cc2c(C)c(CN)c(=O)n(C)c2cc1OC. The van der Waals surface area contributed by atoms with E-state index < -0.39 is 0 Å². The van der Waals surface area contributed by atoms with Crippen LogP contribution in [0.4, 0.5) is 0 Å². The third-order valence-electron chi connectivity index (χ3n) is 3.49. The number of methoxy groups -OCH3 is 2. The number of fused-ring (bicyclic) bond motifs is 1. The monoisotopic (exact) mass is 262 g/mol. The van der Waals surface area contributed by atoms with Crippen molar-refractivity contribution in [3.05, 3.63) is 33.6 Å². The third-order valence-corrected chi connectivity index (χ3v) is 3.49. The van der Waals surface area contributed by atoms with Gasteiger partial charge in [-0.15, -0.1) is 0 Å². The van der Waals surface area contributed by atoms with E-state index in [0.717, 1.165) is 16.5 Å². The van der Waals surface area contributed by atoms with Crippen molar-refractivity contribution in [1.82, 2.24) is 4.57 Å². The van der Waals surface area contributed by atoms with E-state index in [1.807, 2.05) is 19.1 Å². The van der Waals surface area contributed by atoms with Crippen molar-refractivity contribution in [2.75, 3.05) is 14.2 Å². The lowest BCUT2D eigenvalue weighted by Crippen LogP contribution is -2.25. The molecule has 2 rings (SSSR count). The van der Waals surface area contributed by atoms with E-state index in [1.165, 1.54) is 0 Å². The summed E-state index contributed by atoms with van der Waals surface area (Å²) in [5.41, 5.74) is 7.92. The third kappa shape index (κ3) is 1.96.